The van der Waals surface area contributed by atoms with Crippen molar-refractivity contribution in [3.05, 3.63) is 64.2 Å². The summed E-state index contributed by atoms with van der Waals surface area (Å²) < 4.78 is 40.1. The maximum absolute atomic E-state index is 14.7. The maximum atomic E-state index is 14.7. The Kier molecular flexibility index (Phi) is 3.97. The van der Waals surface area contributed by atoms with Crippen LogP contribution in [0, 0.1) is 17.6 Å². The lowest BCUT2D eigenvalue weighted by molar-refractivity contribution is -0.0355. The fraction of sp³-hybridized carbons (Fsp3) is 0.368. The van der Waals surface area contributed by atoms with Gasteiger partial charge in [-0.05, 0) is 42.7 Å². The highest BCUT2D eigenvalue weighted by Gasteiger charge is 2.49. The predicted molar refractivity (Wildman–Crippen MR) is 87.6 cm³/mol. The van der Waals surface area contributed by atoms with Crippen molar-refractivity contribution in [1.82, 2.24) is 0 Å². The minimum Gasteiger partial charge on any atom is -0.490 e. The van der Waals surface area contributed by atoms with Gasteiger partial charge in [0.25, 0.3) is 0 Å². The van der Waals surface area contributed by atoms with Gasteiger partial charge in [-0.2, -0.15) is 0 Å². The van der Waals surface area contributed by atoms with E-state index in [1.54, 1.807) is 0 Å². The summed E-state index contributed by atoms with van der Waals surface area (Å²) in [5, 5.41) is 0.657. The van der Waals surface area contributed by atoms with Crippen molar-refractivity contribution in [2.24, 2.45) is 5.92 Å². The zero-order valence-corrected chi connectivity index (χ0v) is 13.8. The van der Waals surface area contributed by atoms with Crippen LogP contribution >= 0.6 is 11.6 Å². The molecule has 1 fully saturated rings. The molecule has 1 saturated heterocycles. The molecule has 0 N–H and O–H groups in total. The fourth-order valence-corrected chi connectivity index (χ4v) is 4.12. The molecule has 0 saturated carbocycles. The lowest BCUT2D eigenvalue weighted by Gasteiger charge is -2.48. The molecule has 2 aromatic carbocycles. The van der Waals surface area contributed by atoms with E-state index < -0.39 is 17.0 Å². The first-order valence-corrected chi connectivity index (χ1v) is 8.41. The predicted octanol–water partition coefficient (Wildman–Crippen LogP) is 4.53. The van der Waals surface area contributed by atoms with Gasteiger partial charge in [0.15, 0.2) is 11.6 Å². The third kappa shape index (κ3) is 2.49. The number of halogens is 3. The Balaban J connectivity index is 1.85. The molecule has 0 aliphatic carbocycles. The standard InChI is InChI=1S/C19H17ClF2O2/c20-14-3-1-12(2-4-14)9-19-7-8-23-10-13(19)11-24-18-16(22)6-5-15(21)17(18)19/h1-6,13H,7-11H2/t13-,19+/m1/s1. The van der Waals surface area contributed by atoms with Crippen LogP contribution in [0.15, 0.2) is 36.4 Å². The second-order valence-electron chi connectivity index (χ2n) is 6.53. The number of hydrogen-bond acceptors (Lipinski definition) is 2. The minimum absolute atomic E-state index is 0.00859. The monoisotopic (exact) mass is 350 g/mol. The zero-order chi connectivity index (χ0) is 16.7. The Morgan fingerprint density at radius 2 is 1.79 bits per heavy atom. The molecule has 2 aliphatic heterocycles. The number of ether oxygens (including phenoxy) is 2. The van der Waals surface area contributed by atoms with E-state index in [1.165, 1.54) is 6.07 Å². The van der Waals surface area contributed by atoms with E-state index >= 15 is 0 Å². The van der Waals surface area contributed by atoms with Gasteiger partial charge in [-0.1, -0.05) is 23.7 Å². The number of fused-ring (bicyclic) bond motifs is 3. The van der Waals surface area contributed by atoms with Crippen LogP contribution in [-0.4, -0.2) is 19.8 Å². The zero-order valence-electron chi connectivity index (χ0n) is 13.0. The van der Waals surface area contributed by atoms with Gasteiger partial charge in [0.1, 0.15) is 5.82 Å². The normalized spacial score (nSPS) is 25.5. The Labute approximate surface area is 144 Å². The van der Waals surface area contributed by atoms with Crippen LogP contribution in [0.1, 0.15) is 17.5 Å². The Bertz CT molecular complexity index is 763. The van der Waals surface area contributed by atoms with Crippen molar-refractivity contribution in [2.75, 3.05) is 19.8 Å². The molecule has 2 nitrogen and oxygen atoms in total. The van der Waals surface area contributed by atoms with Crippen LogP contribution in [0.2, 0.25) is 5.02 Å². The largest absolute Gasteiger partial charge is 0.490 e. The van der Waals surface area contributed by atoms with Crippen molar-refractivity contribution in [3.8, 4) is 5.75 Å². The SMILES string of the molecule is Fc1ccc(F)c2c1OC[C@H]1COCC[C@@]21Cc1ccc(Cl)cc1. The summed E-state index contributed by atoms with van der Waals surface area (Å²) in [6, 6.07) is 9.85. The summed E-state index contributed by atoms with van der Waals surface area (Å²) in [5.74, 6) is -0.869. The van der Waals surface area contributed by atoms with Gasteiger partial charge in [0.2, 0.25) is 0 Å². The van der Waals surface area contributed by atoms with E-state index in [-0.39, 0.29) is 11.7 Å². The molecule has 24 heavy (non-hydrogen) atoms. The van der Waals surface area contributed by atoms with Crippen molar-refractivity contribution in [2.45, 2.75) is 18.3 Å². The summed E-state index contributed by atoms with van der Waals surface area (Å²) in [6.07, 6.45) is 1.24. The fourth-order valence-electron chi connectivity index (χ4n) is 3.99. The van der Waals surface area contributed by atoms with Crippen molar-refractivity contribution < 1.29 is 18.3 Å². The molecule has 126 valence electrons. The van der Waals surface area contributed by atoms with Crippen LogP contribution in [0.5, 0.6) is 5.75 Å². The summed E-state index contributed by atoms with van der Waals surface area (Å²) in [6.45, 7) is 1.35. The van der Waals surface area contributed by atoms with Crippen molar-refractivity contribution in [1.29, 1.82) is 0 Å². The van der Waals surface area contributed by atoms with Gasteiger partial charge in [0, 0.05) is 28.5 Å². The van der Waals surface area contributed by atoms with E-state index in [2.05, 4.69) is 0 Å². The summed E-state index contributed by atoms with van der Waals surface area (Å²) in [7, 11) is 0. The van der Waals surface area contributed by atoms with E-state index in [1.807, 2.05) is 24.3 Å². The minimum atomic E-state index is -0.522. The molecular weight excluding hydrogens is 334 g/mol. The van der Waals surface area contributed by atoms with Crippen LogP contribution in [0.25, 0.3) is 0 Å². The Hall–Kier alpha value is -1.65. The van der Waals surface area contributed by atoms with Crippen LogP contribution < -0.4 is 4.74 Å². The van der Waals surface area contributed by atoms with E-state index in [4.69, 9.17) is 21.1 Å². The first-order chi connectivity index (χ1) is 11.6. The third-order valence-corrected chi connectivity index (χ3v) is 5.46. The molecular formula is C19H17ClF2O2. The number of benzene rings is 2. The quantitative estimate of drug-likeness (QED) is 0.792. The summed E-state index contributed by atoms with van der Waals surface area (Å²) >= 11 is 5.97. The molecule has 0 aromatic heterocycles. The molecule has 5 heteroatoms. The number of rotatable bonds is 2. The first kappa shape index (κ1) is 15.9. The van der Waals surface area contributed by atoms with Gasteiger partial charge < -0.3 is 9.47 Å². The van der Waals surface area contributed by atoms with Gasteiger partial charge >= 0.3 is 0 Å². The molecule has 2 aromatic rings. The van der Waals surface area contributed by atoms with Gasteiger partial charge in [-0.15, -0.1) is 0 Å². The Morgan fingerprint density at radius 1 is 1.04 bits per heavy atom. The first-order valence-electron chi connectivity index (χ1n) is 8.03. The number of hydrogen-bond donors (Lipinski definition) is 0. The Morgan fingerprint density at radius 3 is 2.58 bits per heavy atom. The third-order valence-electron chi connectivity index (χ3n) is 5.21. The van der Waals surface area contributed by atoms with Crippen LogP contribution in [0.4, 0.5) is 8.78 Å². The highest BCUT2D eigenvalue weighted by Crippen LogP contribution is 2.50. The molecule has 0 unspecified atom stereocenters. The smallest absolute Gasteiger partial charge is 0.165 e. The average Bonchev–Trinajstić information content (AvgIpc) is 2.59. The molecule has 0 spiro atoms. The van der Waals surface area contributed by atoms with Crippen LogP contribution in [0.3, 0.4) is 0 Å². The molecule has 2 aliphatic rings. The summed E-state index contributed by atoms with van der Waals surface area (Å²) in [5.41, 5.74) is 0.881. The van der Waals surface area contributed by atoms with Gasteiger partial charge in [0.05, 0.1) is 13.2 Å². The lowest BCUT2D eigenvalue weighted by Crippen LogP contribution is -2.50. The maximum Gasteiger partial charge on any atom is 0.165 e. The second-order valence-corrected chi connectivity index (χ2v) is 6.96. The second kappa shape index (κ2) is 6.01. The molecule has 0 radical (unpaired) electrons. The van der Waals surface area contributed by atoms with Gasteiger partial charge in [-0.25, -0.2) is 8.78 Å². The van der Waals surface area contributed by atoms with Crippen molar-refractivity contribution in [3.63, 3.8) is 0 Å². The van der Waals surface area contributed by atoms with E-state index in [0.717, 1.165) is 11.6 Å². The van der Waals surface area contributed by atoms with E-state index in [0.29, 0.717) is 43.2 Å². The molecule has 2 atom stereocenters. The highest BCUT2D eigenvalue weighted by atomic mass is 35.5. The topological polar surface area (TPSA) is 18.5 Å². The lowest BCUT2D eigenvalue weighted by atomic mass is 9.63. The highest BCUT2D eigenvalue weighted by molar-refractivity contribution is 6.30. The van der Waals surface area contributed by atoms with Crippen molar-refractivity contribution >= 4 is 11.6 Å². The van der Waals surface area contributed by atoms with Gasteiger partial charge in [-0.3, -0.25) is 0 Å². The molecule has 2 heterocycles. The average molecular weight is 351 g/mol. The molecule has 0 bridgehead atoms. The van der Waals surface area contributed by atoms with Crippen LogP contribution in [-0.2, 0) is 16.6 Å². The van der Waals surface area contributed by atoms with E-state index in [9.17, 15) is 8.78 Å². The molecule has 0 amide bonds. The summed E-state index contributed by atoms with van der Waals surface area (Å²) in [4.78, 5) is 0. The molecule has 4 rings (SSSR count).